The number of pyridine rings is 1. The molecule has 0 amide bonds. The summed E-state index contributed by atoms with van der Waals surface area (Å²) in [7, 11) is 0. The molecular formula is C31H21NO. The van der Waals surface area contributed by atoms with Gasteiger partial charge < -0.3 is 4.42 Å². The van der Waals surface area contributed by atoms with Gasteiger partial charge in [-0.05, 0) is 70.0 Å². The second-order valence-electron chi connectivity index (χ2n) is 8.47. The third-order valence-electron chi connectivity index (χ3n) is 6.64. The van der Waals surface area contributed by atoms with Crippen molar-refractivity contribution in [2.75, 3.05) is 0 Å². The van der Waals surface area contributed by atoms with E-state index in [0.29, 0.717) is 16.8 Å². The fraction of sp³-hybridized carbons (Fsp3) is 0.0645. The van der Waals surface area contributed by atoms with Crippen molar-refractivity contribution in [2.24, 2.45) is 0 Å². The molecule has 156 valence electrons. The van der Waals surface area contributed by atoms with Crippen LogP contribution in [0, 0.1) is 13.8 Å². The minimum Gasteiger partial charge on any atom is -0.455 e. The van der Waals surface area contributed by atoms with Crippen LogP contribution in [0.4, 0.5) is 0 Å². The van der Waals surface area contributed by atoms with Crippen LogP contribution in [0.5, 0.6) is 0 Å². The highest BCUT2D eigenvalue weighted by atomic mass is 16.3. The number of hydrogen-bond acceptors (Lipinski definition) is 2. The van der Waals surface area contributed by atoms with E-state index >= 15 is 0 Å². The lowest BCUT2D eigenvalue weighted by molar-refractivity contribution is 0.674. The SMILES string of the molecule is [2H]Cc1cc(-c2cccc3c2oc2c3ccc3c4ccccc4c4ccccc4c32)ncc1C([2H])([2H])[2H]. The van der Waals surface area contributed by atoms with E-state index in [4.69, 9.17) is 9.90 Å². The van der Waals surface area contributed by atoms with Crippen LogP contribution in [0.25, 0.3) is 65.5 Å². The Bertz CT molecular complexity index is 1990. The molecule has 33 heavy (non-hydrogen) atoms. The highest BCUT2D eigenvalue weighted by molar-refractivity contribution is 6.32. The van der Waals surface area contributed by atoms with Crippen LogP contribution in [0.3, 0.4) is 0 Å². The summed E-state index contributed by atoms with van der Waals surface area (Å²) in [4.78, 5) is 4.49. The molecule has 0 bridgehead atoms. The van der Waals surface area contributed by atoms with Gasteiger partial charge in [0, 0.05) is 33.4 Å². The minimum absolute atomic E-state index is 0.118. The Balaban J connectivity index is 1.58. The molecule has 2 nitrogen and oxygen atoms in total. The number of fused-ring (bicyclic) bond motifs is 10. The summed E-state index contributed by atoms with van der Waals surface area (Å²) < 4.78 is 38.0. The Morgan fingerprint density at radius 1 is 0.636 bits per heavy atom. The van der Waals surface area contributed by atoms with Crippen molar-refractivity contribution < 1.29 is 9.90 Å². The van der Waals surface area contributed by atoms with E-state index < -0.39 is 6.85 Å². The standard InChI is InChI=1S/C31H21NO/c1-18-16-28(32-17-19(18)2)27-13-7-12-25-26-15-14-24-22-10-4-3-8-20(22)21-9-5-6-11-23(21)29(24)31(26)33-30(25)27/h3-17H,1-2H3/i1D,2D3. The minimum atomic E-state index is -2.31. The maximum Gasteiger partial charge on any atom is 0.144 e. The topological polar surface area (TPSA) is 26.0 Å². The zero-order chi connectivity index (χ0) is 25.3. The van der Waals surface area contributed by atoms with Crippen LogP contribution in [0.1, 0.15) is 16.6 Å². The van der Waals surface area contributed by atoms with Gasteiger partial charge in [-0.25, -0.2) is 0 Å². The number of para-hydroxylation sites is 1. The third-order valence-corrected chi connectivity index (χ3v) is 6.64. The van der Waals surface area contributed by atoms with Crippen LogP contribution >= 0.6 is 0 Å². The summed E-state index contributed by atoms with van der Waals surface area (Å²) in [5, 5.41) is 8.92. The van der Waals surface area contributed by atoms with Crippen LogP contribution in [-0.2, 0) is 0 Å². The van der Waals surface area contributed by atoms with Gasteiger partial charge in [-0.15, -0.1) is 0 Å². The van der Waals surface area contributed by atoms with Crippen LogP contribution in [0.15, 0.2) is 95.5 Å². The first-order chi connectivity index (χ1) is 18.0. The van der Waals surface area contributed by atoms with E-state index in [9.17, 15) is 0 Å². The molecule has 2 aromatic heterocycles. The van der Waals surface area contributed by atoms with E-state index in [0.717, 1.165) is 38.1 Å². The van der Waals surface area contributed by atoms with Crippen molar-refractivity contribution >= 4 is 54.3 Å². The van der Waals surface area contributed by atoms with Gasteiger partial charge in [-0.3, -0.25) is 4.98 Å². The lowest BCUT2D eigenvalue weighted by Crippen LogP contribution is -1.88. The average molecular weight is 428 g/mol. The Labute approximate surface area is 196 Å². The molecule has 0 spiro atoms. The normalized spacial score (nSPS) is 14.1. The highest BCUT2D eigenvalue weighted by Gasteiger charge is 2.18. The van der Waals surface area contributed by atoms with Gasteiger partial charge in [-0.2, -0.15) is 0 Å². The third kappa shape index (κ3) is 2.52. The summed E-state index contributed by atoms with van der Waals surface area (Å²) >= 11 is 0. The molecule has 2 heterocycles. The van der Waals surface area contributed by atoms with Gasteiger partial charge in [0.1, 0.15) is 11.2 Å². The summed E-state index contributed by atoms with van der Waals surface area (Å²) in [6.45, 7) is -2.45. The number of aryl methyl sites for hydroxylation is 2. The smallest absolute Gasteiger partial charge is 0.144 e. The van der Waals surface area contributed by atoms with E-state index in [-0.39, 0.29) is 12.5 Å². The largest absolute Gasteiger partial charge is 0.455 e. The van der Waals surface area contributed by atoms with Gasteiger partial charge in [0.15, 0.2) is 0 Å². The first kappa shape index (κ1) is 14.8. The molecule has 5 aromatic carbocycles. The predicted octanol–water partition coefficient (Wildman–Crippen LogP) is 8.72. The van der Waals surface area contributed by atoms with Crippen molar-refractivity contribution in [3.8, 4) is 11.3 Å². The molecule has 0 aliphatic carbocycles. The second-order valence-corrected chi connectivity index (χ2v) is 8.47. The Morgan fingerprint density at radius 2 is 1.27 bits per heavy atom. The first-order valence-electron chi connectivity index (χ1n) is 13.1. The van der Waals surface area contributed by atoms with E-state index in [1.807, 2.05) is 18.2 Å². The van der Waals surface area contributed by atoms with Crippen molar-refractivity contribution in [3.63, 3.8) is 0 Å². The molecule has 0 atom stereocenters. The zero-order valence-electron chi connectivity index (χ0n) is 21.7. The van der Waals surface area contributed by atoms with E-state index in [1.165, 1.54) is 22.4 Å². The Morgan fingerprint density at radius 3 is 2.03 bits per heavy atom. The highest BCUT2D eigenvalue weighted by Crippen LogP contribution is 2.43. The van der Waals surface area contributed by atoms with Crippen LogP contribution in [-0.4, -0.2) is 4.98 Å². The van der Waals surface area contributed by atoms with Crippen molar-refractivity contribution in [1.29, 1.82) is 0 Å². The summed E-state index contributed by atoms with van der Waals surface area (Å²) in [6, 6.07) is 28.8. The average Bonchev–Trinajstić information content (AvgIpc) is 3.31. The van der Waals surface area contributed by atoms with Gasteiger partial charge in [0.05, 0.1) is 5.69 Å². The van der Waals surface area contributed by atoms with Crippen LogP contribution < -0.4 is 0 Å². The molecule has 0 aliphatic heterocycles. The van der Waals surface area contributed by atoms with Gasteiger partial charge in [0.2, 0.25) is 0 Å². The molecule has 7 aromatic rings. The maximum atomic E-state index is 7.91. The monoisotopic (exact) mass is 427 g/mol. The number of aromatic nitrogens is 1. The number of rotatable bonds is 1. The molecule has 0 aliphatic rings. The Kier molecular flexibility index (Phi) is 2.99. The number of nitrogens with zero attached hydrogens (tertiary/aromatic N) is 1. The lowest BCUT2D eigenvalue weighted by atomic mass is 9.93. The molecular weight excluding hydrogens is 402 g/mol. The molecule has 0 saturated heterocycles. The molecule has 0 radical (unpaired) electrons. The van der Waals surface area contributed by atoms with Gasteiger partial charge in [-0.1, -0.05) is 66.7 Å². The predicted molar refractivity (Wildman–Crippen MR) is 139 cm³/mol. The maximum absolute atomic E-state index is 7.91. The summed E-state index contributed by atoms with van der Waals surface area (Å²) in [5.41, 5.74) is 3.46. The van der Waals surface area contributed by atoms with E-state index in [2.05, 4.69) is 65.6 Å². The fourth-order valence-corrected chi connectivity index (χ4v) is 5.09. The Hall–Kier alpha value is -4.17. The summed E-state index contributed by atoms with van der Waals surface area (Å²) in [6.07, 6.45) is 1.38. The van der Waals surface area contributed by atoms with Gasteiger partial charge >= 0.3 is 0 Å². The van der Waals surface area contributed by atoms with Crippen molar-refractivity contribution in [3.05, 3.63) is 102 Å². The molecule has 0 fully saturated rings. The number of furan rings is 1. The molecule has 0 N–H and O–H groups in total. The zero-order valence-corrected chi connectivity index (χ0v) is 17.7. The molecule has 2 heteroatoms. The first-order valence-corrected chi connectivity index (χ1v) is 10.9. The number of benzene rings is 5. The fourth-order valence-electron chi connectivity index (χ4n) is 5.09. The quantitative estimate of drug-likeness (QED) is 0.245. The molecule has 0 saturated carbocycles. The van der Waals surface area contributed by atoms with Crippen molar-refractivity contribution in [1.82, 2.24) is 4.98 Å². The summed E-state index contributed by atoms with van der Waals surface area (Å²) in [5.74, 6) is 0. The lowest BCUT2D eigenvalue weighted by Gasteiger charge is -2.10. The van der Waals surface area contributed by atoms with Crippen molar-refractivity contribution in [2.45, 2.75) is 13.8 Å². The van der Waals surface area contributed by atoms with E-state index in [1.54, 1.807) is 6.07 Å². The van der Waals surface area contributed by atoms with Gasteiger partial charge in [0.25, 0.3) is 0 Å². The van der Waals surface area contributed by atoms with Crippen LogP contribution in [0.2, 0.25) is 0 Å². The molecule has 7 rings (SSSR count). The number of hydrogen-bond donors (Lipinski definition) is 0. The second kappa shape index (κ2) is 6.66. The molecule has 0 unspecified atom stereocenters.